The van der Waals surface area contributed by atoms with Crippen LogP contribution in [0.2, 0.25) is 0 Å². The quantitative estimate of drug-likeness (QED) is 0.0443. The van der Waals surface area contributed by atoms with Gasteiger partial charge in [-0.05, 0) is 62.7 Å². The first-order valence-corrected chi connectivity index (χ1v) is 26.9. The largest absolute Gasteiger partial charge is 0.405 e. The maximum absolute atomic E-state index is 14.0. The first-order valence-electron chi connectivity index (χ1n) is 26.9. The molecule has 35 heteroatoms. The number of hydrogen-bond acceptors (Lipinski definition) is 15. The third-order valence-electron chi connectivity index (χ3n) is 13.4. The van der Waals surface area contributed by atoms with Gasteiger partial charge in [0.1, 0.15) is 89.1 Å². The zero-order valence-electron chi connectivity index (χ0n) is 47.2. The Morgan fingerprint density at radius 2 is 1.11 bits per heavy atom. The highest BCUT2D eigenvalue weighted by atomic mass is 19.4. The summed E-state index contributed by atoms with van der Waals surface area (Å²) < 4.78 is 181. The third-order valence-corrected chi connectivity index (χ3v) is 13.4. The van der Waals surface area contributed by atoms with Crippen molar-refractivity contribution in [2.75, 3.05) is 41.7 Å². The monoisotopic (exact) mass is 1290 g/mol. The van der Waals surface area contributed by atoms with Crippen LogP contribution in [0.25, 0.3) is 78.2 Å². The average molecular weight is 1290 g/mol. The van der Waals surface area contributed by atoms with Crippen LogP contribution >= 0.6 is 0 Å². The normalized spacial score (nSPS) is 14.6. The van der Waals surface area contributed by atoms with Crippen LogP contribution in [-0.4, -0.2) is 146 Å². The molecule has 1 fully saturated rings. The molecule has 11 rings (SSSR count). The summed E-state index contributed by atoms with van der Waals surface area (Å²) in [5.41, 5.74) is 1.69. The Labute approximate surface area is 502 Å². The summed E-state index contributed by atoms with van der Waals surface area (Å²) in [5, 5.41) is 12.9. The van der Waals surface area contributed by atoms with E-state index in [-0.39, 0.29) is 41.3 Å². The van der Waals surface area contributed by atoms with Crippen LogP contribution in [0.4, 0.5) is 78.9 Å². The van der Waals surface area contributed by atoms with Gasteiger partial charge in [-0.1, -0.05) is 19.1 Å². The Balaban J connectivity index is 0.000000162. The highest BCUT2D eigenvalue weighted by molar-refractivity contribution is 5.98. The number of nitrogens with one attached hydrogen (secondary N) is 8. The van der Waals surface area contributed by atoms with E-state index < -0.39 is 110 Å². The van der Waals surface area contributed by atoms with E-state index in [9.17, 15) is 75.8 Å². The number of pyridine rings is 3. The average Bonchev–Trinajstić information content (AvgIpc) is 1.77. The SMILES string of the molecule is CC(C)(Nc1nc(-c2c[nH]c3ncc(F)cc23)nc2ccccc12)C(=O)NCC(F)(F)F.CC[C@@H](Nc1ccnc(-c2c[nH]c3ncc(F)cc23)n1)C(=O)NCC(F)(F)F.O=C(NCC(F)(F)F)[C@H]1CC(F)(F)CN1c1ccnc(-c2c[nH]c3ncc(F)cc23)n1. The lowest BCUT2D eigenvalue weighted by molar-refractivity contribution is -0.140. The number of aromatic nitrogens is 12. The van der Waals surface area contributed by atoms with Gasteiger partial charge in [-0.15, -0.1) is 0 Å². The van der Waals surface area contributed by atoms with Crippen molar-refractivity contribution in [1.29, 1.82) is 0 Å². The number of benzene rings is 1. The molecule has 21 nitrogen and oxygen atoms in total. The molecule has 9 aromatic heterocycles. The number of carbonyl (C=O) groups excluding carboxylic acids is 3. The fraction of sp³-hybridized carbons (Fsp3) is 0.286. The summed E-state index contributed by atoms with van der Waals surface area (Å²) >= 11 is 0. The molecule has 0 aliphatic carbocycles. The highest BCUT2D eigenvalue weighted by Gasteiger charge is 2.49. The first-order chi connectivity index (χ1) is 42.8. The minimum Gasteiger partial charge on any atom is -0.358 e. The Bertz CT molecular complexity index is 4290. The molecule has 0 spiro atoms. The van der Waals surface area contributed by atoms with Crippen LogP contribution in [0.3, 0.4) is 0 Å². The van der Waals surface area contributed by atoms with Crippen molar-refractivity contribution >= 4 is 79.2 Å². The molecule has 1 aliphatic heterocycles. The Morgan fingerprint density at radius 1 is 0.615 bits per heavy atom. The second-order valence-corrected chi connectivity index (χ2v) is 20.7. The fourth-order valence-corrected chi connectivity index (χ4v) is 9.18. The van der Waals surface area contributed by atoms with Gasteiger partial charge >= 0.3 is 18.5 Å². The molecule has 1 aliphatic rings. The number of halogens is 14. The van der Waals surface area contributed by atoms with E-state index >= 15 is 0 Å². The predicted octanol–water partition coefficient (Wildman–Crippen LogP) is 10.3. The van der Waals surface area contributed by atoms with E-state index in [0.29, 0.717) is 60.7 Å². The molecule has 0 saturated carbocycles. The molecule has 91 heavy (non-hydrogen) atoms. The Kier molecular flexibility index (Phi) is 18.6. The molecular formula is C56H48F14N18O3. The number of anilines is 3. The highest BCUT2D eigenvalue weighted by Crippen LogP contribution is 2.37. The molecule has 0 radical (unpaired) electrons. The van der Waals surface area contributed by atoms with Crippen molar-refractivity contribution in [1.82, 2.24) is 75.8 Å². The maximum atomic E-state index is 14.0. The lowest BCUT2D eigenvalue weighted by Gasteiger charge is -2.26. The van der Waals surface area contributed by atoms with E-state index in [1.165, 1.54) is 62.8 Å². The smallest absolute Gasteiger partial charge is 0.358 e. The summed E-state index contributed by atoms with van der Waals surface area (Å²) in [6.07, 6.45) is -3.94. The second kappa shape index (κ2) is 26.0. The molecular weight excluding hydrogens is 1240 g/mol. The van der Waals surface area contributed by atoms with Crippen LogP contribution < -0.4 is 31.5 Å². The number of fused-ring (bicyclic) bond motifs is 4. The van der Waals surface area contributed by atoms with Crippen molar-refractivity contribution in [2.45, 2.75) is 75.7 Å². The molecule has 3 amide bonds. The number of alkyl halides is 11. The van der Waals surface area contributed by atoms with Crippen LogP contribution in [0, 0.1) is 17.5 Å². The van der Waals surface area contributed by atoms with Crippen LogP contribution in [0.1, 0.15) is 33.6 Å². The molecule has 478 valence electrons. The topological polar surface area (TPSA) is 278 Å². The fourth-order valence-electron chi connectivity index (χ4n) is 9.18. The Hall–Kier alpha value is -10.4. The van der Waals surface area contributed by atoms with E-state index in [2.05, 4.69) is 70.4 Å². The summed E-state index contributed by atoms with van der Waals surface area (Å²) in [5.74, 6) is -6.85. The van der Waals surface area contributed by atoms with Crippen LogP contribution in [-0.2, 0) is 14.4 Å². The van der Waals surface area contributed by atoms with Gasteiger partial charge in [-0.3, -0.25) is 14.4 Å². The number of nitrogens with zero attached hydrogens (tertiary/aromatic N) is 10. The minimum absolute atomic E-state index is 0.0424. The first kappa shape index (κ1) is 65.1. The third kappa shape index (κ3) is 16.3. The number of H-pyrrole nitrogens is 3. The van der Waals surface area contributed by atoms with Gasteiger partial charge in [0.2, 0.25) is 17.7 Å². The van der Waals surface area contributed by atoms with E-state index in [1.807, 2.05) is 10.6 Å². The van der Waals surface area contributed by atoms with Gasteiger partial charge in [0.25, 0.3) is 5.92 Å². The van der Waals surface area contributed by atoms with Gasteiger partial charge in [-0.25, -0.2) is 66.8 Å². The number of carbonyl (C=O) groups is 3. The number of hydrogen-bond donors (Lipinski definition) is 8. The molecule has 8 N–H and O–H groups in total. The van der Waals surface area contributed by atoms with E-state index in [4.69, 9.17) is 0 Å². The summed E-state index contributed by atoms with van der Waals surface area (Å²) in [6.45, 7) is -0.850. The molecule has 1 saturated heterocycles. The van der Waals surface area contributed by atoms with E-state index in [0.717, 1.165) is 23.5 Å². The molecule has 10 heterocycles. The van der Waals surface area contributed by atoms with Crippen LogP contribution in [0.5, 0.6) is 0 Å². The van der Waals surface area contributed by atoms with Crippen molar-refractivity contribution in [3.63, 3.8) is 0 Å². The maximum Gasteiger partial charge on any atom is 0.405 e. The summed E-state index contributed by atoms with van der Waals surface area (Å²) in [7, 11) is 0. The van der Waals surface area contributed by atoms with Gasteiger partial charge in [-0.2, -0.15) is 39.5 Å². The van der Waals surface area contributed by atoms with Crippen LogP contribution in [0.15, 0.2) is 104 Å². The zero-order valence-corrected chi connectivity index (χ0v) is 47.2. The second-order valence-electron chi connectivity index (χ2n) is 20.7. The van der Waals surface area contributed by atoms with E-state index in [1.54, 1.807) is 48.9 Å². The standard InChI is InChI=1S/C21H18F4N6O.C18H14F6N6O.C17H16F4N6O/c1-20(2,19(32)28-10-21(23,24)25)31-18-12-5-3-4-6-15(12)29-17(30-18)14-9-27-16-13(14)7-11(22)8-26-16;19-9-3-10-11(6-27-14(10)26-5-9)15-25-2-1-13(29-15)30-8-17(20,21)4-12(30)16(31)28-7-18(22,23)24;1-2-12(16(28)25-8-17(19,20)21)26-13-3-4-22-15(27-13)11-7-24-14-10(11)5-9(18)6-23-14/h3-9H,10H2,1-2H3,(H,26,27)(H,28,32)(H,29,30,31);1-3,5-6,12H,4,7-8H2,(H,26,27)(H,28,31);3-7,12H,2,8H2,1H3,(H,23,24)(H,25,28)(H,22,26,27)/t;2*12-/m.11/s1. The molecule has 0 unspecified atom stereocenters. The van der Waals surface area contributed by atoms with Gasteiger partial charge in [0.05, 0.1) is 30.7 Å². The van der Waals surface area contributed by atoms with Crippen molar-refractivity contribution in [3.05, 3.63) is 122 Å². The number of amides is 3. The van der Waals surface area contributed by atoms with Crippen molar-refractivity contribution in [3.8, 4) is 34.2 Å². The Morgan fingerprint density at radius 3 is 1.65 bits per heavy atom. The number of rotatable bonds is 15. The predicted molar refractivity (Wildman–Crippen MR) is 302 cm³/mol. The molecule has 1 aromatic carbocycles. The number of para-hydroxylation sites is 1. The van der Waals surface area contributed by atoms with Crippen molar-refractivity contribution in [2.24, 2.45) is 0 Å². The van der Waals surface area contributed by atoms with Gasteiger partial charge in [0, 0.05) is 75.6 Å². The van der Waals surface area contributed by atoms with Gasteiger partial charge < -0.3 is 46.4 Å². The van der Waals surface area contributed by atoms with Gasteiger partial charge in [0.15, 0.2) is 17.5 Å². The summed E-state index contributed by atoms with van der Waals surface area (Å²) in [6, 6.07) is 11.0. The van der Waals surface area contributed by atoms with Crippen molar-refractivity contribution < 1.29 is 75.8 Å². The number of aromatic amines is 3. The summed E-state index contributed by atoms with van der Waals surface area (Å²) in [4.78, 5) is 83.7. The molecule has 0 bridgehead atoms. The lowest BCUT2D eigenvalue weighted by Crippen LogP contribution is -2.50. The molecule has 10 aromatic rings. The lowest BCUT2D eigenvalue weighted by atomic mass is 10.0. The minimum atomic E-state index is -4.68. The zero-order chi connectivity index (χ0) is 65.8. The molecule has 2 atom stereocenters.